The molecule has 5 nitrogen and oxygen atoms in total. The van der Waals surface area contributed by atoms with E-state index >= 15 is 0 Å². The van der Waals surface area contributed by atoms with E-state index in [0.29, 0.717) is 24.1 Å². The van der Waals surface area contributed by atoms with E-state index in [4.69, 9.17) is 5.11 Å². The van der Waals surface area contributed by atoms with Crippen LogP contribution in [0.3, 0.4) is 0 Å². The Morgan fingerprint density at radius 3 is 2.54 bits per heavy atom. The van der Waals surface area contributed by atoms with E-state index in [9.17, 15) is 18.0 Å². The van der Waals surface area contributed by atoms with Gasteiger partial charge in [-0.05, 0) is 31.1 Å². The van der Waals surface area contributed by atoms with Crippen LogP contribution in [0.4, 0.5) is 18.0 Å². The van der Waals surface area contributed by atoms with Crippen LogP contribution in [0.25, 0.3) is 0 Å². The average molecular weight is 345 g/mol. The molecule has 0 aromatic carbocycles. The average Bonchev–Trinajstić information content (AvgIpc) is 2.87. The molecule has 0 radical (unpaired) electrons. The highest BCUT2D eigenvalue weighted by atomic mass is 19.4. The Balaban J connectivity index is 1.88. The molecule has 1 saturated carbocycles. The van der Waals surface area contributed by atoms with Crippen LogP contribution in [0.2, 0.25) is 0 Å². The largest absolute Gasteiger partial charge is 0.465 e. The summed E-state index contributed by atoms with van der Waals surface area (Å²) in [7, 11) is 0. The number of halogens is 3. The Hall–Kier alpha value is -1.73. The zero-order chi connectivity index (χ0) is 17.5. The predicted octanol–water partition coefficient (Wildman–Crippen LogP) is 3.76. The lowest BCUT2D eigenvalue weighted by Gasteiger charge is -2.28. The third-order valence-corrected chi connectivity index (χ3v) is 5.24. The van der Waals surface area contributed by atoms with Gasteiger partial charge in [-0.25, -0.2) is 4.79 Å². The lowest BCUT2D eigenvalue weighted by atomic mass is 9.83. The van der Waals surface area contributed by atoms with E-state index in [1.807, 2.05) is 0 Å². The van der Waals surface area contributed by atoms with Crippen LogP contribution in [-0.2, 0) is 25.7 Å². The molecule has 1 amide bonds. The Kier molecular flexibility index (Phi) is 4.48. The van der Waals surface area contributed by atoms with Gasteiger partial charge in [0, 0.05) is 18.7 Å². The Bertz CT molecular complexity index is 619. The van der Waals surface area contributed by atoms with Crippen LogP contribution in [-0.4, -0.2) is 32.4 Å². The van der Waals surface area contributed by atoms with Crippen molar-refractivity contribution in [2.24, 2.45) is 11.8 Å². The molecule has 1 aliphatic carbocycles. The van der Waals surface area contributed by atoms with Crippen molar-refractivity contribution in [1.29, 1.82) is 0 Å². The van der Waals surface area contributed by atoms with Crippen LogP contribution < -0.4 is 0 Å². The van der Waals surface area contributed by atoms with Crippen molar-refractivity contribution in [3.05, 3.63) is 17.0 Å². The van der Waals surface area contributed by atoms with E-state index in [0.717, 1.165) is 30.6 Å². The molecule has 0 spiro atoms. The molecule has 0 bridgehead atoms. The fourth-order valence-electron chi connectivity index (χ4n) is 3.78. The smallest absolute Gasteiger partial charge is 0.435 e. The fraction of sp³-hybridized carbons (Fsp3) is 0.750. The molecule has 3 rings (SSSR count). The SMILES string of the molecule is CC1CCC(Cn2nc(C(F)(F)F)c3c2CN(C(=O)O)CC3)CC1. The summed E-state index contributed by atoms with van der Waals surface area (Å²) in [6.07, 6.45) is -1.39. The number of aromatic nitrogens is 2. The van der Waals surface area contributed by atoms with Crippen molar-refractivity contribution in [1.82, 2.24) is 14.7 Å². The van der Waals surface area contributed by atoms with Crippen molar-refractivity contribution in [3.8, 4) is 0 Å². The number of alkyl halides is 3. The molecule has 1 fully saturated rings. The minimum Gasteiger partial charge on any atom is -0.465 e. The van der Waals surface area contributed by atoms with Gasteiger partial charge in [0.15, 0.2) is 5.69 Å². The first-order chi connectivity index (χ1) is 11.3. The summed E-state index contributed by atoms with van der Waals surface area (Å²) in [5.74, 6) is 0.979. The topological polar surface area (TPSA) is 58.4 Å². The lowest BCUT2D eigenvalue weighted by Crippen LogP contribution is -2.36. The number of hydrogen-bond donors (Lipinski definition) is 1. The summed E-state index contributed by atoms with van der Waals surface area (Å²) in [6, 6.07) is 0. The maximum absolute atomic E-state index is 13.3. The number of rotatable bonds is 2. The zero-order valence-corrected chi connectivity index (χ0v) is 13.6. The third kappa shape index (κ3) is 3.37. The van der Waals surface area contributed by atoms with Crippen molar-refractivity contribution < 1.29 is 23.1 Å². The summed E-state index contributed by atoms with van der Waals surface area (Å²) >= 11 is 0. The summed E-state index contributed by atoms with van der Waals surface area (Å²) in [4.78, 5) is 12.3. The molecule has 0 saturated heterocycles. The van der Waals surface area contributed by atoms with Crippen molar-refractivity contribution in [3.63, 3.8) is 0 Å². The lowest BCUT2D eigenvalue weighted by molar-refractivity contribution is -0.142. The van der Waals surface area contributed by atoms with Gasteiger partial charge < -0.3 is 10.0 Å². The number of amides is 1. The van der Waals surface area contributed by atoms with Crippen LogP contribution >= 0.6 is 0 Å². The molecule has 8 heteroatoms. The first-order valence-corrected chi connectivity index (χ1v) is 8.39. The predicted molar refractivity (Wildman–Crippen MR) is 80.5 cm³/mol. The van der Waals surface area contributed by atoms with Gasteiger partial charge in [0.1, 0.15) is 0 Å². The van der Waals surface area contributed by atoms with Crippen molar-refractivity contribution >= 4 is 6.09 Å². The Morgan fingerprint density at radius 2 is 1.96 bits per heavy atom. The molecule has 0 unspecified atom stereocenters. The van der Waals surface area contributed by atoms with Crippen LogP contribution in [0.15, 0.2) is 0 Å². The molecule has 0 atom stereocenters. The van der Waals surface area contributed by atoms with Gasteiger partial charge in [-0.15, -0.1) is 0 Å². The fourth-order valence-corrected chi connectivity index (χ4v) is 3.78. The zero-order valence-electron chi connectivity index (χ0n) is 13.6. The molecule has 1 aromatic heterocycles. The number of nitrogens with zero attached hydrogens (tertiary/aromatic N) is 3. The molecule has 1 aromatic rings. The van der Waals surface area contributed by atoms with E-state index in [2.05, 4.69) is 12.0 Å². The van der Waals surface area contributed by atoms with E-state index in [1.165, 1.54) is 4.68 Å². The van der Waals surface area contributed by atoms with Gasteiger partial charge in [-0.2, -0.15) is 18.3 Å². The van der Waals surface area contributed by atoms with E-state index in [-0.39, 0.29) is 25.1 Å². The third-order valence-electron chi connectivity index (χ3n) is 5.24. The van der Waals surface area contributed by atoms with Gasteiger partial charge in [-0.3, -0.25) is 4.68 Å². The van der Waals surface area contributed by atoms with E-state index < -0.39 is 18.0 Å². The van der Waals surface area contributed by atoms with Crippen LogP contribution in [0.5, 0.6) is 0 Å². The number of carboxylic acid groups (broad SMARTS) is 1. The number of hydrogen-bond acceptors (Lipinski definition) is 2. The summed E-state index contributed by atoms with van der Waals surface area (Å²) in [5.41, 5.74) is -0.259. The molecule has 1 aliphatic heterocycles. The normalized spacial score (nSPS) is 24.8. The van der Waals surface area contributed by atoms with Gasteiger partial charge in [0.2, 0.25) is 0 Å². The maximum Gasteiger partial charge on any atom is 0.435 e. The van der Waals surface area contributed by atoms with Gasteiger partial charge in [0.25, 0.3) is 0 Å². The summed E-state index contributed by atoms with van der Waals surface area (Å²) in [5, 5.41) is 13.0. The minimum atomic E-state index is -4.50. The first-order valence-electron chi connectivity index (χ1n) is 8.39. The highest BCUT2D eigenvalue weighted by molar-refractivity contribution is 5.65. The molecule has 2 aliphatic rings. The van der Waals surface area contributed by atoms with Crippen molar-refractivity contribution in [2.45, 2.75) is 58.3 Å². The standard InChI is InChI=1S/C16H22F3N3O2/c1-10-2-4-11(5-3-10)8-22-13-9-21(15(23)24)7-6-12(13)14(20-22)16(17,18)19/h10-11H,2-9H2,1H3,(H,23,24). The van der Waals surface area contributed by atoms with Gasteiger partial charge in [0.05, 0.1) is 12.2 Å². The van der Waals surface area contributed by atoms with Crippen molar-refractivity contribution in [2.75, 3.05) is 6.54 Å². The molecule has 2 heterocycles. The Morgan fingerprint density at radius 1 is 1.29 bits per heavy atom. The highest BCUT2D eigenvalue weighted by Gasteiger charge is 2.41. The van der Waals surface area contributed by atoms with Gasteiger partial charge in [-0.1, -0.05) is 19.8 Å². The second kappa shape index (κ2) is 6.29. The van der Waals surface area contributed by atoms with Crippen LogP contribution in [0, 0.1) is 11.8 Å². The second-order valence-electron chi connectivity index (χ2n) is 7.03. The second-order valence-corrected chi connectivity index (χ2v) is 7.03. The minimum absolute atomic E-state index is 0.0170. The molecule has 134 valence electrons. The highest BCUT2D eigenvalue weighted by Crippen LogP contribution is 2.36. The molecule has 24 heavy (non-hydrogen) atoms. The number of fused-ring (bicyclic) bond motifs is 1. The molecular formula is C16H22F3N3O2. The maximum atomic E-state index is 13.3. The monoisotopic (exact) mass is 345 g/mol. The summed E-state index contributed by atoms with van der Waals surface area (Å²) < 4.78 is 41.2. The first kappa shape index (κ1) is 17.1. The Labute approximate surface area is 138 Å². The van der Waals surface area contributed by atoms with Crippen LogP contribution in [0.1, 0.15) is 49.6 Å². The molecular weight excluding hydrogens is 323 g/mol. The molecule has 1 N–H and O–H groups in total. The van der Waals surface area contributed by atoms with E-state index in [1.54, 1.807) is 0 Å². The van der Waals surface area contributed by atoms with Gasteiger partial charge >= 0.3 is 12.3 Å². The number of carbonyl (C=O) groups is 1. The summed E-state index contributed by atoms with van der Waals surface area (Å²) in [6.45, 7) is 2.70. The quantitative estimate of drug-likeness (QED) is 0.888.